The van der Waals surface area contributed by atoms with Gasteiger partial charge in [0, 0.05) is 0 Å². The number of nitrogens with one attached hydrogen (secondary N) is 1. The number of aliphatic hydroxyl groups is 2. The highest BCUT2D eigenvalue weighted by molar-refractivity contribution is 7.89. The quantitative estimate of drug-likeness (QED) is 0.628. The maximum Gasteiger partial charge on any atom is 0.349 e. The molecule has 0 spiro atoms. The van der Waals surface area contributed by atoms with Crippen LogP contribution in [0.25, 0.3) is 0 Å². The molecule has 1 aromatic rings. The summed E-state index contributed by atoms with van der Waals surface area (Å²) < 4.78 is 31.5. The van der Waals surface area contributed by atoms with Crippen LogP contribution in [0.3, 0.4) is 0 Å². The van der Waals surface area contributed by atoms with Crippen molar-refractivity contribution < 1.29 is 28.2 Å². The lowest BCUT2D eigenvalue weighted by Crippen LogP contribution is -2.51. The van der Waals surface area contributed by atoms with Crippen LogP contribution in [-0.4, -0.2) is 50.5 Å². The number of carbonyl (C=O) groups excluding carboxylic acids is 1. The number of aryl methyl sites for hydroxylation is 1. The van der Waals surface area contributed by atoms with Crippen LogP contribution in [-0.2, 0) is 14.8 Å². The van der Waals surface area contributed by atoms with Gasteiger partial charge >= 0.3 is 5.97 Å². The van der Waals surface area contributed by atoms with Gasteiger partial charge in [-0.3, -0.25) is 0 Å². The van der Waals surface area contributed by atoms with E-state index >= 15 is 0 Å². The molecule has 0 bridgehead atoms. The van der Waals surface area contributed by atoms with Gasteiger partial charge in [0.05, 0.1) is 25.9 Å². The Kier molecular flexibility index (Phi) is 5.27. The van der Waals surface area contributed by atoms with E-state index in [-0.39, 0.29) is 9.77 Å². The van der Waals surface area contributed by atoms with Crippen LogP contribution in [0.2, 0.25) is 0 Å². The minimum Gasteiger partial charge on any atom is -0.465 e. The SMILES string of the molecule is COC(=O)c1scc(C)c1S(=O)(=O)NC(C)(CO)CO. The van der Waals surface area contributed by atoms with Crippen molar-refractivity contribution in [2.45, 2.75) is 24.3 Å². The van der Waals surface area contributed by atoms with Crippen LogP contribution in [0.1, 0.15) is 22.2 Å². The molecule has 0 aliphatic carbocycles. The van der Waals surface area contributed by atoms with E-state index in [0.29, 0.717) is 5.56 Å². The highest BCUT2D eigenvalue weighted by Crippen LogP contribution is 2.28. The van der Waals surface area contributed by atoms with E-state index < -0.39 is 34.7 Å². The molecule has 9 heteroatoms. The third-order valence-corrected chi connectivity index (χ3v) is 5.67. The Morgan fingerprint density at radius 3 is 2.45 bits per heavy atom. The van der Waals surface area contributed by atoms with Crippen LogP contribution in [0.5, 0.6) is 0 Å². The number of sulfonamides is 1. The summed E-state index contributed by atoms with van der Waals surface area (Å²) in [5.74, 6) is -0.752. The molecule has 114 valence electrons. The Hall–Kier alpha value is -1.00. The van der Waals surface area contributed by atoms with Crippen LogP contribution >= 0.6 is 11.3 Å². The van der Waals surface area contributed by atoms with Crippen molar-refractivity contribution in [1.29, 1.82) is 0 Å². The lowest BCUT2D eigenvalue weighted by atomic mass is 10.1. The van der Waals surface area contributed by atoms with Crippen LogP contribution in [0.4, 0.5) is 0 Å². The van der Waals surface area contributed by atoms with E-state index in [1.807, 2.05) is 0 Å². The van der Waals surface area contributed by atoms with E-state index in [2.05, 4.69) is 9.46 Å². The predicted octanol–water partition coefficient (Wildman–Crippen LogP) is -0.135. The normalized spacial score (nSPS) is 12.4. The zero-order valence-electron chi connectivity index (χ0n) is 11.3. The van der Waals surface area contributed by atoms with E-state index in [1.54, 1.807) is 6.92 Å². The van der Waals surface area contributed by atoms with Gasteiger partial charge in [0.2, 0.25) is 10.0 Å². The molecule has 3 N–H and O–H groups in total. The topological polar surface area (TPSA) is 113 Å². The monoisotopic (exact) mass is 323 g/mol. The minimum atomic E-state index is -4.08. The van der Waals surface area contributed by atoms with E-state index in [0.717, 1.165) is 18.4 Å². The third-order valence-electron chi connectivity index (χ3n) is 2.64. The summed E-state index contributed by atoms with van der Waals surface area (Å²) in [7, 11) is -2.92. The second kappa shape index (κ2) is 6.19. The third kappa shape index (κ3) is 3.36. The summed E-state index contributed by atoms with van der Waals surface area (Å²) in [5.41, 5.74) is -1.03. The number of esters is 1. The van der Waals surface area contributed by atoms with Gasteiger partial charge < -0.3 is 14.9 Å². The molecular formula is C11H17NO6S2. The number of hydrogen-bond acceptors (Lipinski definition) is 7. The Morgan fingerprint density at radius 1 is 1.45 bits per heavy atom. The second-order valence-corrected chi connectivity index (χ2v) is 7.05. The Bertz CT molecular complexity index is 588. The number of rotatable bonds is 6. The van der Waals surface area contributed by atoms with Gasteiger partial charge in [0.25, 0.3) is 0 Å². The van der Waals surface area contributed by atoms with Crippen molar-refractivity contribution in [1.82, 2.24) is 4.72 Å². The highest BCUT2D eigenvalue weighted by Gasteiger charge is 2.34. The van der Waals surface area contributed by atoms with Crippen molar-refractivity contribution in [3.05, 3.63) is 15.8 Å². The van der Waals surface area contributed by atoms with Crippen LogP contribution in [0, 0.1) is 6.92 Å². The first kappa shape index (κ1) is 17.1. The molecule has 0 aromatic carbocycles. The number of hydrogen-bond donors (Lipinski definition) is 3. The fourth-order valence-corrected chi connectivity index (χ4v) is 4.59. The van der Waals surface area contributed by atoms with E-state index in [4.69, 9.17) is 10.2 Å². The van der Waals surface area contributed by atoms with E-state index in [1.165, 1.54) is 12.3 Å². The summed E-state index contributed by atoms with van der Waals surface area (Å²) in [6.07, 6.45) is 0. The molecular weight excluding hydrogens is 306 g/mol. The van der Waals surface area contributed by atoms with Crippen molar-refractivity contribution in [2.75, 3.05) is 20.3 Å². The number of aliphatic hydroxyl groups excluding tert-OH is 2. The molecule has 1 heterocycles. The largest absolute Gasteiger partial charge is 0.465 e. The summed E-state index contributed by atoms with van der Waals surface area (Å²) in [6.45, 7) is 1.73. The first-order valence-corrected chi connectivity index (χ1v) is 7.99. The highest BCUT2D eigenvalue weighted by atomic mass is 32.2. The second-order valence-electron chi connectivity index (χ2n) is 4.55. The number of carbonyl (C=O) groups is 1. The lowest BCUT2D eigenvalue weighted by Gasteiger charge is -2.26. The van der Waals surface area contributed by atoms with Crippen LogP contribution < -0.4 is 4.72 Å². The zero-order valence-corrected chi connectivity index (χ0v) is 13.0. The maximum atomic E-state index is 12.4. The Balaban J connectivity index is 3.30. The molecule has 0 saturated heterocycles. The van der Waals surface area contributed by atoms with Gasteiger partial charge in [-0.15, -0.1) is 11.3 Å². The summed E-state index contributed by atoms with van der Waals surface area (Å²) >= 11 is 0.958. The smallest absolute Gasteiger partial charge is 0.349 e. The molecule has 0 radical (unpaired) electrons. The number of methoxy groups -OCH3 is 1. The number of ether oxygens (including phenoxy) is 1. The Morgan fingerprint density at radius 2 is 2.00 bits per heavy atom. The molecule has 1 aromatic heterocycles. The maximum absolute atomic E-state index is 12.4. The van der Waals surface area contributed by atoms with Gasteiger partial charge in [-0.1, -0.05) is 0 Å². The van der Waals surface area contributed by atoms with Gasteiger partial charge in [0.1, 0.15) is 9.77 Å². The van der Waals surface area contributed by atoms with E-state index in [9.17, 15) is 13.2 Å². The number of thiophene rings is 1. The molecule has 0 aliphatic rings. The van der Waals surface area contributed by atoms with Gasteiger partial charge in [0.15, 0.2) is 0 Å². The van der Waals surface area contributed by atoms with Gasteiger partial charge in [-0.05, 0) is 24.8 Å². The molecule has 0 unspecified atom stereocenters. The molecule has 7 nitrogen and oxygen atoms in total. The minimum absolute atomic E-state index is 0.0456. The Labute approximate surface area is 121 Å². The van der Waals surface area contributed by atoms with Crippen molar-refractivity contribution in [3.63, 3.8) is 0 Å². The van der Waals surface area contributed by atoms with Gasteiger partial charge in [-0.25, -0.2) is 17.9 Å². The molecule has 20 heavy (non-hydrogen) atoms. The average molecular weight is 323 g/mol. The first-order chi connectivity index (χ1) is 9.20. The van der Waals surface area contributed by atoms with Crippen LogP contribution in [0.15, 0.2) is 10.3 Å². The summed E-state index contributed by atoms with van der Waals surface area (Å²) in [5, 5.41) is 19.9. The first-order valence-electron chi connectivity index (χ1n) is 5.63. The zero-order chi connectivity index (χ0) is 15.6. The lowest BCUT2D eigenvalue weighted by molar-refractivity contribution is 0.0602. The fraction of sp³-hybridized carbons (Fsp3) is 0.545. The molecule has 0 atom stereocenters. The summed E-state index contributed by atoms with van der Waals surface area (Å²) in [6, 6.07) is 0. The molecule has 0 aliphatic heterocycles. The molecule has 0 saturated carbocycles. The average Bonchev–Trinajstić information content (AvgIpc) is 2.80. The van der Waals surface area contributed by atoms with Crippen molar-refractivity contribution >= 4 is 27.3 Å². The van der Waals surface area contributed by atoms with Crippen molar-refractivity contribution in [3.8, 4) is 0 Å². The molecule has 0 amide bonds. The molecule has 1 rings (SSSR count). The predicted molar refractivity (Wildman–Crippen MR) is 73.3 cm³/mol. The summed E-state index contributed by atoms with van der Waals surface area (Å²) in [4.78, 5) is 11.4. The van der Waals surface area contributed by atoms with Crippen molar-refractivity contribution in [2.24, 2.45) is 0 Å². The molecule has 0 fully saturated rings. The van der Waals surface area contributed by atoms with Gasteiger partial charge in [-0.2, -0.15) is 0 Å². The standard InChI is InChI=1S/C11H17NO6S2/c1-7-4-19-8(10(15)18-3)9(7)20(16,17)12-11(2,5-13)6-14/h4,12-14H,5-6H2,1-3H3. The fourth-order valence-electron chi connectivity index (χ4n) is 1.49.